The smallest absolute Gasteiger partial charge is 0.242 e. The molecule has 3 rings (SSSR count). The van der Waals surface area contributed by atoms with Gasteiger partial charge in [-0.2, -0.15) is 0 Å². The standard InChI is InChI=1S/C14H25N3O/c1-14(6-3-7-15-14)13(18)17-10-4-9-16-8-2-5-12(16)11-17/h12,15H,2-11H2,1H3. The molecule has 1 amide bonds. The number of carbonyl (C=O) groups excluding carboxylic acids is 1. The monoisotopic (exact) mass is 251 g/mol. The molecule has 0 aromatic carbocycles. The molecule has 0 bridgehead atoms. The van der Waals surface area contributed by atoms with Crippen molar-refractivity contribution in [2.24, 2.45) is 0 Å². The first-order chi connectivity index (χ1) is 8.69. The van der Waals surface area contributed by atoms with Crippen molar-refractivity contribution in [3.05, 3.63) is 0 Å². The van der Waals surface area contributed by atoms with Gasteiger partial charge in [0.1, 0.15) is 0 Å². The van der Waals surface area contributed by atoms with E-state index in [-0.39, 0.29) is 5.54 Å². The summed E-state index contributed by atoms with van der Waals surface area (Å²) >= 11 is 0. The Hall–Kier alpha value is -0.610. The summed E-state index contributed by atoms with van der Waals surface area (Å²) in [5, 5.41) is 3.41. The lowest BCUT2D eigenvalue weighted by Gasteiger charge is -2.32. The Morgan fingerprint density at radius 1 is 1.22 bits per heavy atom. The Morgan fingerprint density at radius 3 is 2.83 bits per heavy atom. The highest BCUT2D eigenvalue weighted by Gasteiger charge is 2.40. The molecule has 3 heterocycles. The molecule has 0 saturated carbocycles. The van der Waals surface area contributed by atoms with Crippen LogP contribution in [-0.4, -0.2) is 60.0 Å². The van der Waals surface area contributed by atoms with Crippen LogP contribution in [0.2, 0.25) is 0 Å². The fourth-order valence-corrected chi connectivity index (χ4v) is 3.82. The first-order valence-corrected chi connectivity index (χ1v) is 7.47. The quantitative estimate of drug-likeness (QED) is 0.749. The molecular formula is C14H25N3O. The second-order valence-electron chi connectivity index (χ2n) is 6.30. The Labute approximate surface area is 110 Å². The Bertz CT molecular complexity index is 325. The van der Waals surface area contributed by atoms with Crippen LogP contribution < -0.4 is 5.32 Å². The van der Waals surface area contributed by atoms with Crippen LogP contribution in [-0.2, 0) is 4.79 Å². The van der Waals surface area contributed by atoms with Gasteiger partial charge in [-0.05, 0) is 52.1 Å². The van der Waals surface area contributed by atoms with Gasteiger partial charge in [0.25, 0.3) is 0 Å². The Balaban J connectivity index is 1.69. The lowest BCUT2D eigenvalue weighted by Crippen LogP contribution is -2.54. The third kappa shape index (κ3) is 2.16. The van der Waals surface area contributed by atoms with E-state index in [2.05, 4.69) is 22.0 Å². The summed E-state index contributed by atoms with van der Waals surface area (Å²) in [4.78, 5) is 17.4. The third-order valence-corrected chi connectivity index (χ3v) is 4.93. The average molecular weight is 251 g/mol. The number of amides is 1. The van der Waals surface area contributed by atoms with Gasteiger partial charge in [-0.3, -0.25) is 9.69 Å². The van der Waals surface area contributed by atoms with Gasteiger partial charge in [0.05, 0.1) is 5.54 Å². The van der Waals surface area contributed by atoms with Crippen LogP contribution >= 0.6 is 0 Å². The molecule has 2 unspecified atom stereocenters. The first kappa shape index (κ1) is 12.4. The summed E-state index contributed by atoms with van der Waals surface area (Å²) in [6.07, 6.45) is 5.84. The second kappa shape index (κ2) is 4.82. The zero-order chi connectivity index (χ0) is 12.6. The van der Waals surface area contributed by atoms with Crippen molar-refractivity contribution in [3.8, 4) is 0 Å². The normalized spacial score (nSPS) is 37.6. The molecule has 3 fully saturated rings. The van der Waals surface area contributed by atoms with Crippen LogP contribution in [0.5, 0.6) is 0 Å². The largest absolute Gasteiger partial charge is 0.339 e. The topological polar surface area (TPSA) is 35.6 Å². The van der Waals surface area contributed by atoms with Crippen LogP contribution in [0.15, 0.2) is 0 Å². The van der Waals surface area contributed by atoms with Crippen molar-refractivity contribution in [2.45, 2.75) is 50.6 Å². The minimum absolute atomic E-state index is 0.284. The summed E-state index contributed by atoms with van der Waals surface area (Å²) < 4.78 is 0. The highest BCUT2D eigenvalue weighted by atomic mass is 16.2. The molecule has 3 saturated heterocycles. The van der Waals surface area contributed by atoms with Crippen LogP contribution in [0.1, 0.15) is 39.0 Å². The fraction of sp³-hybridized carbons (Fsp3) is 0.929. The van der Waals surface area contributed by atoms with Gasteiger partial charge in [0.2, 0.25) is 5.91 Å². The molecule has 3 aliphatic heterocycles. The SMILES string of the molecule is CC1(C(=O)N2CCCN3CCCC3C2)CCCN1. The van der Waals surface area contributed by atoms with E-state index in [9.17, 15) is 4.79 Å². The van der Waals surface area contributed by atoms with Gasteiger partial charge in [0.15, 0.2) is 0 Å². The molecule has 0 spiro atoms. The number of hydrogen-bond acceptors (Lipinski definition) is 3. The van der Waals surface area contributed by atoms with Crippen molar-refractivity contribution in [3.63, 3.8) is 0 Å². The molecule has 0 radical (unpaired) electrons. The van der Waals surface area contributed by atoms with E-state index in [1.165, 1.54) is 25.9 Å². The Kier molecular flexibility index (Phi) is 3.32. The molecule has 0 aromatic rings. The van der Waals surface area contributed by atoms with E-state index in [1.807, 2.05) is 0 Å². The number of rotatable bonds is 1. The van der Waals surface area contributed by atoms with Crippen LogP contribution in [0.3, 0.4) is 0 Å². The van der Waals surface area contributed by atoms with E-state index < -0.39 is 0 Å². The lowest BCUT2D eigenvalue weighted by molar-refractivity contribution is -0.137. The number of fused-ring (bicyclic) bond motifs is 1. The van der Waals surface area contributed by atoms with Crippen molar-refractivity contribution in [1.29, 1.82) is 0 Å². The van der Waals surface area contributed by atoms with Crippen LogP contribution in [0.25, 0.3) is 0 Å². The maximum Gasteiger partial charge on any atom is 0.242 e. The number of nitrogens with one attached hydrogen (secondary N) is 1. The molecule has 4 nitrogen and oxygen atoms in total. The average Bonchev–Trinajstić information content (AvgIpc) is 2.94. The van der Waals surface area contributed by atoms with E-state index in [0.717, 1.165) is 38.9 Å². The maximum atomic E-state index is 12.7. The molecule has 1 N–H and O–H groups in total. The highest BCUT2D eigenvalue weighted by Crippen LogP contribution is 2.26. The molecule has 4 heteroatoms. The number of nitrogens with zero attached hydrogens (tertiary/aromatic N) is 2. The zero-order valence-electron chi connectivity index (χ0n) is 11.5. The minimum atomic E-state index is -0.284. The van der Waals surface area contributed by atoms with Crippen molar-refractivity contribution < 1.29 is 4.79 Å². The van der Waals surface area contributed by atoms with Crippen molar-refractivity contribution >= 4 is 5.91 Å². The molecule has 18 heavy (non-hydrogen) atoms. The molecule has 2 atom stereocenters. The predicted molar refractivity (Wildman–Crippen MR) is 71.4 cm³/mol. The minimum Gasteiger partial charge on any atom is -0.339 e. The van der Waals surface area contributed by atoms with Gasteiger partial charge in [-0.25, -0.2) is 0 Å². The van der Waals surface area contributed by atoms with E-state index in [1.54, 1.807) is 0 Å². The highest BCUT2D eigenvalue weighted by molar-refractivity contribution is 5.86. The maximum absolute atomic E-state index is 12.7. The third-order valence-electron chi connectivity index (χ3n) is 4.93. The molecular weight excluding hydrogens is 226 g/mol. The first-order valence-electron chi connectivity index (χ1n) is 7.47. The van der Waals surface area contributed by atoms with E-state index in [0.29, 0.717) is 11.9 Å². The summed E-state index contributed by atoms with van der Waals surface area (Å²) in [6.45, 7) is 7.39. The summed E-state index contributed by atoms with van der Waals surface area (Å²) in [5.41, 5.74) is -0.284. The summed E-state index contributed by atoms with van der Waals surface area (Å²) in [6, 6.07) is 0.626. The van der Waals surface area contributed by atoms with E-state index in [4.69, 9.17) is 0 Å². The summed E-state index contributed by atoms with van der Waals surface area (Å²) in [5.74, 6) is 0.341. The van der Waals surface area contributed by atoms with Gasteiger partial charge < -0.3 is 10.2 Å². The van der Waals surface area contributed by atoms with Crippen molar-refractivity contribution in [1.82, 2.24) is 15.1 Å². The van der Waals surface area contributed by atoms with Gasteiger partial charge >= 0.3 is 0 Å². The number of carbonyl (C=O) groups is 1. The lowest BCUT2D eigenvalue weighted by atomic mass is 9.98. The zero-order valence-corrected chi connectivity index (χ0v) is 11.5. The van der Waals surface area contributed by atoms with Gasteiger partial charge in [-0.1, -0.05) is 0 Å². The van der Waals surface area contributed by atoms with E-state index >= 15 is 0 Å². The van der Waals surface area contributed by atoms with Gasteiger partial charge in [0, 0.05) is 25.7 Å². The fourth-order valence-electron chi connectivity index (χ4n) is 3.82. The van der Waals surface area contributed by atoms with Crippen LogP contribution in [0, 0.1) is 0 Å². The second-order valence-corrected chi connectivity index (χ2v) is 6.30. The van der Waals surface area contributed by atoms with Gasteiger partial charge in [-0.15, -0.1) is 0 Å². The van der Waals surface area contributed by atoms with Crippen LogP contribution in [0.4, 0.5) is 0 Å². The molecule has 3 aliphatic rings. The Morgan fingerprint density at radius 2 is 2.06 bits per heavy atom. The molecule has 102 valence electrons. The number of hydrogen-bond donors (Lipinski definition) is 1. The summed E-state index contributed by atoms with van der Waals surface area (Å²) in [7, 11) is 0. The van der Waals surface area contributed by atoms with Crippen molar-refractivity contribution in [2.75, 3.05) is 32.7 Å². The molecule has 0 aliphatic carbocycles. The predicted octanol–water partition coefficient (Wildman–Crippen LogP) is 0.825. The molecule has 0 aromatic heterocycles.